The number of hydrogen-bond donors (Lipinski definition) is 1. The number of halogens is 1. The molecule has 5 heteroatoms. The summed E-state index contributed by atoms with van der Waals surface area (Å²) in [5.74, 6) is -1.64. The molecule has 0 saturated heterocycles. The second-order valence-corrected chi connectivity index (χ2v) is 6.30. The fraction of sp³-hybridized carbons (Fsp3) is 0.143. The van der Waals surface area contributed by atoms with E-state index in [2.05, 4.69) is 5.32 Å². The van der Waals surface area contributed by atoms with Gasteiger partial charge in [-0.25, -0.2) is 9.18 Å². The third-order valence-corrected chi connectivity index (χ3v) is 4.86. The van der Waals surface area contributed by atoms with Crippen molar-refractivity contribution >= 4 is 17.4 Å². The van der Waals surface area contributed by atoms with E-state index >= 15 is 0 Å². The molecule has 1 N–H and O–H groups in total. The van der Waals surface area contributed by atoms with Gasteiger partial charge < -0.3 is 10.1 Å². The second kappa shape index (κ2) is 5.95. The molecule has 0 radical (unpaired) electrons. The molecule has 1 atom stereocenters. The molecule has 4 nitrogen and oxygen atoms in total. The molecule has 0 saturated carbocycles. The Morgan fingerprint density at radius 1 is 1.08 bits per heavy atom. The lowest BCUT2D eigenvalue weighted by Crippen LogP contribution is -2.29. The van der Waals surface area contributed by atoms with Crippen LogP contribution in [0.3, 0.4) is 0 Å². The number of methoxy groups -OCH3 is 1. The van der Waals surface area contributed by atoms with Crippen LogP contribution in [0.2, 0.25) is 0 Å². The zero-order valence-electron chi connectivity index (χ0n) is 14.3. The molecule has 0 bridgehead atoms. The minimum absolute atomic E-state index is 0.133. The Morgan fingerprint density at radius 2 is 1.73 bits per heavy atom. The van der Waals surface area contributed by atoms with Gasteiger partial charge >= 0.3 is 5.97 Å². The molecule has 1 aliphatic carbocycles. The summed E-state index contributed by atoms with van der Waals surface area (Å²) in [4.78, 5) is 25.6. The fourth-order valence-corrected chi connectivity index (χ4v) is 3.70. The Kier molecular flexibility index (Phi) is 3.72. The van der Waals surface area contributed by atoms with E-state index < -0.39 is 11.9 Å². The first kappa shape index (κ1) is 16.3. The zero-order valence-corrected chi connectivity index (χ0v) is 14.3. The van der Waals surface area contributed by atoms with Crippen LogP contribution in [-0.2, 0) is 9.53 Å². The van der Waals surface area contributed by atoms with Crippen molar-refractivity contribution < 1.29 is 18.7 Å². The largest absolute Gasteiger partial charge is 0.466 e. The van der Waals surface area contributed by atoms with Gasteiger partial charge in [-0.1, -0.05) is 36.4 Å². The molecule has 1 aliphatic heterocycles. The Bertz CT molecular complexity index is 1000. The molecule has 1 heterocycles. The molecule has 2 aromatic carbocycles. The Balaban J connectivity index is 1.95. The number of Topliss-reactive ketones (excluding diaryl/α,β-unsaturated/α-hetero) is 1. The number of dihydropyridines is 1. The maximum atomic E-state index is 13.4. The van der Waals surface area contributed by atoms with Gasteiger partial charge in [0.2, 0.25) is 0 Å². The van der Waals surface area contributed by atoms with E-state index in [9.17, 15) is 14.0 Å². The van der Waals surface area contributed by atoms with Crippen LogP contribution in [0.1, 0.15) is 34.3 Å². The highest BCUT2D eigenvalue weighted by Gasteiger charge is 2.42. The van der Waals surface area contributed by atoms with Crippen LogP contribution < -0.4 is 5.32 Å². The highest BCUT2D eigenvalue weighted by atomic mass is 19.1. The quantitative estimate of drug-likeness (QED) is 0.842. The van der Waals surface area contributed by atoms with Crippen LogP contribution in [0.4, 0.5) is 4.39 Å². The van der Waals surface area contributed by atoms with Gasteiger partial charge in [-0.05, 0) is 24.6 Å². The number of fused-ring (bicyclic) bond motifs is 2. The third kappa shape index (κ3) is 2.28. The smallest absolute Gasteiger partial charge is 0.336 e. The third-order valence-electron chi connectivity index (χ3n) is 4.86. The number of nitrogens with one attached hydrogen (secondary N) is 1. The van der Waals surface area contributed by atoms with Crippen LogP contribution in [0.5, 0.6) is 0 Å². The second-order valence-electron chi connectivity index (χ2n) is 6.30. The molecule has 130 valence electrons. The van der Waals surface area contributed by atoms with E-state index in [4.69, 9.17) is 4.74 Å². The molecule has 0 unspecified atom stereocenters. The number of rotatable bonds is 2. The molecule has 0 aromatic heterocycles. The highest BCUT2D eigenvalue weighted by molar-refractivity contribution is 6.23. The first-order chi connectivity index (χ1) is 12.5. The van der Waals surface area contributed by atoms with Gasteiger partial charge in [0.15, 0.2) is 5.78 Å². The molecule has 4 rings (SSSR count). The number of carbonyl (C=O) groups is 2. The number of ether oxygens (including phenoxy) is 1. The molecule has 0 amide bonds. The van der Waals surface area contributed by atoms with Crippen molar-refractivity contribution in [3.05, 3.63) is 87.9 Å². The average molecular weight is 349 g/mol. The molecule has 0 spiro atoms. The van der Waals surface area contributed by atoms with Gasteiger partial charge in [0.1, 0.15) is 5.82 Å². The summed E-state index contributed by atoms with van der Waals surface area (Å²) in [5, 5.41) is 3.20. The minimum Gasteiger partial charge on any atom is -0.466 e. The summed E-state index contributed by atoms with van der Waals surface area (Å²) in [6.07, 6.45) is 0. The molecule has 2 aliphatic rings. The van der Waals surface area contributed by atoms with Gasteiger partial charge in [-0.2, -0.15) is 0 Å². The molecule has 0 fully saturated rings. The normalized spacial score (nSPS) is 18.4. The SMILES string of the molecule is COC(=O)C1=C(C)NC2=C(C(=O)c3ccccc32)[C@@H]1c1ccc(F)cc1. The standard InChI is InChI=1S/C21H16FNO3/c1-11-16(21(25)26-2)17(12-7-9-13(22)10-8-12)18-19(23-11)14-5-3-4-6-15(14)20(18)24/h3-10,17,23H,1-2H3/t17-/m1/s1. The first-order valence-electron chi connectivity index (χ1n) is 8.22. The molecule has 2 aromatic rings. The van der Waals surface area contributed by atoms with Crippen molar-refractivity contribution in [1.82, 2.24) is 5.32 Å². The predicted molar refractivity (Wildman–Crippen MR) is 94.7 cm³/mol. The van der Waals surface area contributed by atoms with Gasteiger partial charge in [-0.3, -0.25) is 4.79 Å². The van der Waals surface area contributed by atoms with E-state index in [1.807, 2.05) is 18.2 Å². The molecule has 26 heavy (non-hydrogen) atoms. The lowest BCUT2D eigenvalue weighted by atomic mass is 9.80. The Labute approximate surface area is 150 Å². The average Bonchev–Trinajstić information content (AvgIpc) is 2.93. The van der Waals surface area contributed by atoms with Crippen LogP contribution in [0.25, 0.3) is 5.70 Å². The summed E-state index contributed by atoms with van der Waals surface area (Å²) < 4.78 is 18.4. The number of esters is 1. The van der Waals surface area contributed by atoms with Crippen molar-refractivity contribution in [2.24, 2.45) is 0 Å². The summed E-state index contributed by atoms with van der Waals surface area (Å²) in [5.41, 5.74) is 4.24. The maximum absolute atomic E-state index is 13.4. The maximum Gasteiger partial charge on any atom is 0.336 e. The van der Waals surface area contributed by atoms with Crippen molar-refractivity contribution in [2.75, 3.05) is 7.11 Å². The van der Waals surface area contributed by atoms with E-state index in [0.29, 0.717) is 33.7 Å². The fourth-order valence-electron chi connectivity index (χ4n) is 3.70. The van der Waals surface area contributed by atoms with Gasteiger partial charge in [-0.15, -0.1) is 0 Å². The van der Waals surface area contributed by atoms with E-state index in [1.54, 1.807) is 25.1 Å². The number of carbonyl (C=O) groups excluding carboxylic acids is 2. The molecular formula is C21H16FNO3. The molecular weight excluding hydrogens is 333 g/mol. The number of benzene rings is 2. The number of ketones is 1. The lowest BCUT2D eigenvalue weighted by molar-refractivity contribution is -0.136. The van der Waals surface area contributed by atoms with Gasteiger partial charge in [0.05, 0.1) is 18.4 Å². The van der Waals surface area contributed by atoms with Crippen LogP contribution in [0.15, 0.2) is 65.4 Å². The number of hydrogen-bond acceptors (Lipinski definition) is 4. The lowest BCUT2D eigenvalue weighted by Gasteiger charge is -2.29. The zero-order chi connectivity index (χ0) is 18.4. The van der Waals surface area contributed by atoms with Crippen molar-refractivity contribution in [3.8, 4) is 0 Å². The van der Waals surface area contributed by atoms with Crippen LogP contribution >= 0.6 is 0 Å². The van der Waals surface area contributed by atoms with Crippen LogP contribution in [0, 0.1) is 5.82 Å². The summed E-state index contributed by atoms with van der Waals surface area (Å²) >= 11 is 0. The van der Waals surface area contributed by atoms with Gasteiger partial charge in [0, 0.05) is 28.3 Å². The van der Waals surface area contributed by atoms with Crippen LogP contribution in [-0.4, -0.2) is 18.9 Å². The highest BCUT2D eigenvalue weighted by Crippen LogP contribution is 2.46. The topological polar surface area (TPSA) is 55.4 Å². The predicted octanol–water partition coefficient (Wildman–Crippen LogP) is 3.57. The van der Waals surface area contributed by atoms with Crippen molar-refractivity contribution in [2.45, 2.75) is 12.8 Å². The Morgan fingerprint density at radius 3 is 2.38 bits per heavy atom. The first-order valence-corrected chi connectivity index (χ1v) is 8.22. The summed E-state index contributed by atoms with van der Waals surface area (Å²) in [7, 11) is 1.31. The van der Waals surface area contributed by atoms with E-state index in [0.717, 1.165) is 5.56 Å². The van der Waals surface area contributed by atoms with Gasteiger partial charge in [0.25, 0.3) is 0 Å². The van der Waals surface area contributed by atoms with E-state index in [1.165, 1.54) is 19.2 Å². The summed E-state index contributed by atoms with van der Waals surface area (Å²) in [6.45, 7) is 1.78. The van der Waals surface area contributed by atoms with Crippen molar-refractivity contribution in [3.63, 3.8) is 0 Å². The summed E-state index contributed by atoms with van der Waals surface area (Å²) in [6, 6.07) is 13.2. The minimum atomic E-state index is -0.612. The number of allylic oxidation sites excluding steroid dienone is 2. The van der Waals surface area contributed by atoms with Crippen molar-refractivity contribution in [1.29, 1.82) is 0 Å². The Hall–Kier alpha value is -3.21. The monoisotopic (exact) mass is 349 g/mol. The van der Waals surface area contributed by atoms with E-state index in [-0.39, 0.29) is 11.6 Å².